The second-order valence-electron chi connectivity index (χ2n) is 6.61. The molecule has 104 valence electrons. The molecular formula is C15H27NO2. The molecule has 1 unspecified atom stereocenters. The number of hydrogen-bond acceptors (Lipinski definition) is 2. The van der Waals surface area contributed by atoms with Crippen LogP contribution in [-0.2, 0) is 4.79 Å². The van der Waals surface area contributed by atoms with Crippen LogP contribution < -0.4 is 0 Å². The molecule has 3 heteroatoms. The van der Waals surface area contributed by atoms with Crippen molar-refractivity contribution in [3.8, 4) is 0 Å². The summed E-state index contributed by atoms with van der Waals surface area (Å²) in [7, 11) is 0. The first kappa shape index (κ1) is 13.9. The van der Waals surface area contributed by atoms with E-state index < -0.39 is 11.4 Å². The maximum Gasteiger partial charge on any atom is 0.311 e. The van der Waals surface area contributed by atoms with Crippen LogP contribution in [0.4, 0.5) is 0 Å². The molecule has 1 saturated carbocycles. The first-order valence-electron chi connectivity index (χ1n) is 7.50. The van der Waals surface area contributed by atoms with Crippen LogP contribution in [0.5, 0.6) is 0 Å². The lowest BCUT2D eigenvalue weighted by molar-refractivity contribution is -0.151. The van der Waals surface area contributed by atoms with Crippen molar-refractivity contribution in [1.82, 2.24) is 4.90 Å². The van der Waals surface area contributed by atoms with Gasteiger partial charge in [0.25, 0.3) is 0 Å². The van der Waals surface area contributed by atoms with Crippen molar-refractivity contribution < 1.29 is 9.90 Å². The Kier molecular flexibility index (Phi) is 4.31. The summed E-state index contributed by atoms with van der Waals surface area (Å²) in [6.07, 6.45) is 7.64. The molecule has 1 heterocycles. The Bertz CT molecular complexity index is 297. The zero-order valence-electron chi connectivity index (χ0n) is 11.8. The van der Waals surface area contributed by atoms with Gasteiger partial charge in [-0.3, -0.25) is 4.79 Å². The minimum Gasteiger partial charge on any atom is -0.481 e. The van der Waals surface area contributed by atoms with Gasteiger partial charge in [-0.05, 0) is 37.6 Å². The SMILES string of the molecule is CC(C)C1(C(=O)O)CCN(CC2CCCCC2)C1. The van der Waals surface area contributed by atoms with Gasteiger partial charge in [0.2, 0.25) is 0 Å². The summed E-state index contributed by atoms with van der Waals surface area (Å²) in [5.41, 5.74) is -0.491. The number of rotatable bonds is 4. The molecule has 1 aliphatic heterocycles. The Morgan fingerprint density at radius 2 is 2.00 bits per heavy atom. The molecule has 1 N–H and O–H groups in total. The Hall–Kier alpha value is -0.570. The van der Waals surface area contributed by atoms with E-state index in [1.54, 1.807) is 0 Å². The molecule has 2 aliphatic rings. The third kappa shape index (κ3) is 2.71. The minimum absolute atomic E-state index is 0.228. The minimum atomic E-state index is -0.594. The number of nitrogens with zero attached hydrogens (tertiary/aromatic N) is 1. The summed E-state index contributed by atoms with van der Waals surface area (Å²) >= 11 is 0. The van der Waals surface area contributed by atoms with Crippen LogP contribution in [0, 0.1) is 17.3 Å². The van der Waals surface area contributed by atoms with Crippen LogP contribution in [0.1, 0.15) is 52.4 Å². The molecule has 1 saturated heterocycles. The van der Waals surface area contributed by atoms with Crippen LogP contribution in [0.25, 0.3) is 0 Å². The first-order chi connectivity index (χ1) is 8.54. The monoisotopic (exact) mass is 253 g/mol. The number of carbonyl (C=O) groups is 1. The van der Waals surface area contributed by atoms with Gasteiger partial charge in [-0.1, -0.05) is 33.1 Å². The second-order valence-corrected chi connectivity index (χ2v) is 6.61. The molecule has 0 aromatic heterocycles. The zero-order valence-corrected chi connectivity index (χ0v) is 11.8. The lowest BCUT2D eigenvalue weighted by Crippen LogP contribution is -2.40. The van der Waals surface area contributed by atoms with Crippen molar-refractivity contribution in [1.29, 1.82) is 0 Å². The highest BCUT2D eigenvalue weighted by molar-refractivity contribution is 5.75. The van der Waals surface area contributed by atoms with Crippen molar-refractivity contribution in [2.75, 3.05) is 19.6 Å². The van der Waals surface area contributed by atoms with Gasteiger partial charge in [0, 0.05) is 13.1 Å². The van der Waals surface area contributed by atoms with Crippen LogP contribution in [0.2, 0.25) is 0 Å². The first-order valence-corrected chi connectivity index (χ1v) is 7.50. The molecule has 1 aliphatic carbocycles. The van der Waals surface area contributed by atoms with E-state index in [2.05, 4.69) is 18.7 Å². The molecule has 18 heavy (non-hydrogen) atoms. The lowest BCUT2D eigenvalue weighted by atomic mass is 9.76. The van der Waals surface area contributed by atoms with Crippen LogP contribution in [0.3, 0.4) is 0 Å². The van der Waals surface area contributed by atoms with Crippen LogP contribution in [0.15, 0.2) is 0 Å². The highest BCUT2D eigenvalue weighted by Gasteiger charge is 2.47. The average molecular weight is 253 g/mol. The highest BCUT2D eigenvalue weighted by Crippen LogP contribution is 2.39. The second kappa shape index (κ2) is 5.60. The topological polar surface area (TPSA) is 40.5 Å². The predicted octanol–water partition coefficient (Wildman–Crippen LogP) is 3.00. The maximum absolute atomic E-state index is 11.6. The van der Waals surface area contributed by atoms with E-state index in [1.807, 2.05) is 0 Å². The summed E-state index contributed by atoms with van der Waals surface area (Å²) in [6.45, 7) is 6.97. The summed E-state index contributed by atoms with van der Waals surface area (Å²) in [5, 5.41) is 9.53. The van der Waals surface area contributed by atoms with E-state index in [0.717, 1.165) is 32.0 Å². The standard InChI is InChI=1S/C15H27NO2/c1-12(2)15(14(17)18)8-9-16(11-15)10-13-6-4-3-5-7-13/h12-13H,3-11H2,1-2H3,(H,17,18). The van der Waals surface area contributed by atoms with E-state index in [1.165, 1.54) is 32.1 Å². The summed E-state index contributed by atoms with van der Waals surface area (Å²) in [6, 6.07) is 0. The third-order valence-corrected chi connectivity index (χ3v) is 5.15. The van der Waals surface area contributed by atoms with Gasteiger partial charge >= 0.3 is 5.97 Å². The van der Waals surface area contributed by atoms with Crippen molar-refractivity contribution in [2.45, 2.75) is 52.4 Å². The van der Waals surface area contributed by atoms with E-state index in [9.17, 15) is 9.90 Å². The van der Waals surface area contributed by atoms with Crippen LogP contribution in [-0.4, -0.2) is 35.6 Å². The molecule has 0 amide bonds. The fourth-order valence-electron chi connectivity index (χ4n) is 3.70. The Balaban J connectivity index is 1.92. The summed E-state index contributed by atoms with van der Waals surface area (Å²) in [4.78, 5) is 14.0. The van der Waals surface area contributed by atoms with Crippen molar-refractivity contribution >= 4 is 5.97 Å². The van der Waals surface area contributed by atoms with Gasteiger partial charge in [0.15, 0.2) is 0 Å². The van der Waals surface area contributed by atoms with Crippen LogP contribution >= 0.6 is 0 Å². The average Bonchev–Trinajstić information content (AvgIpc) is 2.76. The van der Waals surface area contributed by atoms with Gasteiger partial charge in [-0.2, -0.15) is 0 Å². The highest BCUT2D eigenvalue weighted by atomic mass is 16.4. The fourth-order valence-corrected chi connectivity index (χ4v) is 3.70. The normalized spacial score (nSPS) is 31.1. The molecule has 2 rings (SSSR count). The number of likely N-dealkylation sites (tertiary alicyclic amines) is 1. The molecule has 0 aromatic carbocycles. The number of carboxylic acid groups (broad SMARTS) is 1. The van der Waals surface area contributed by atoms with Gasteiger partial charge in [0.1, 0.15) is 0 Å². The molecule has 0 spiro atoms. The molecule has 0 aromatic rings. The van der Waals surface area contributed by atoms with E-state index in [4.69, 9.17) is 0 Å². The van der Waals surface area contributed by atoms with Gasteiger partial charge in [0.05, 0.1) is 5.41 Å². The largest absolute Gasteiger partial charge is 0.481 e. The summed E-state index contributed by atoms with van der Waals surface area (Å²) < 4.78 is 0. The van der Waals surface area contributed by atoms with Crippen molar-refractivity contribution in [2.24, 2.45) is 17.3 Å². The molecular weight excluding hydrogens is 226 g/mol. The zero-order chi connectivity index (χ0) is 13.2. The number of aliphatic carboxylic acids is 1. The Morgan fingerprint density at radius 3 is 2.50 bits per heavy atom. The molecule has 2 fully saturated rings. The van der Waals surface area contributed by atoms with Gasteiger partial charge in [-0.25, -0.2) is 0 Å². The van der Waals surface area contributed by atoms with Crippen molar-refractivity contribution in [3.63, 3.8) is 0 Å². The Morgan fingerprint density at radius 1 is 1.33 bits per heavy atom. The molecule has 3 nitrogen and oxygen atoms in total. The molecule has 0 radical (unpaired) electrons. The molecule has 1 atom stereocenters. The van der Waals surface area contributed by atoms with Gasteiger partial charge < -0.3 is 10.0 Å². The van der Waals surface area contributed by atoms with Gasteiger partial charge in [-0.15, -0.1) is 0 Å². The maximum atomic E-state index is 11.6. The quantitative estimate of drug-likeness (QED) is 0.837. The Labute approximate surface area is 111 Å². The lowest BCUT2D eigenvalue weighted by Gasteiger charge is -2.31. The smallest absolute Gasteiger partial charge is 0.311 e. The number of hydrogen-bond donors (Lipinski definition) is 1. The fraction of sp³-hybridized carbons (Fsp3) is 0.933. The third-order valence-electron chi connectivity index (χ3n) is 5.15. The predicted molar refractivity (Wildman–Crippen MR) is 72.5 cm³/mol. The van der Waals surface area contributed by atoms with E-state index in [0.29, 0.717) is 0 Å². The number of carboxylic acids is 1. The molecule has 0 bridgehead atoms. The van der Waals surface area contributed by atoms with E-state index >= 15 is 0 Å². The summed E-state index contributed by atoms with van der Waals surface area (Å²) in [5.74, 6) is 0.450. The van der Waals surface area contributed by atoms with Crippen molar-refractivity contribution in [3.05, 3.63) is 0 Å². The van der Waals surface area contributed by atoms with E-state index in [-0.39, 0.29) is 5.92 Å².